The van der Waals surface area contributed by atoms with Crippen LogP contribution in [-0.2, 0) is 27.4 Å². The molecular formula is C20H23F3N2O5S. The molecule has 2 N–H and O–H groups in total. The van der Waals surface area contributed by atoms with E-state index in [2.05, 4.69) is 10.0 Å². The maximum atomic E-state index is 13.0. The summed E-state index contributed by atoms with van der Waals surface area (Å²) >= 11 is 0. The predicted molar refractivity (Wildman–Crippen MR) is 108 cm³/mol. The molecule has 0 unspecified atom stereocenters. The molecule has 2 aromatic rings. The average molecular weight is 460 g/mol. The van der Waals surface area contributed by atoms with Gasteiger partial charge in [0.05, 0.1) is 24.7 Å². The van der Waals surface area contributed by atoms with Crippen LogP contribution in [0.4, 0.5) is 13.2 Å². The minimum Gasteiger partial charge on any atom is -0.493 e. The number of rotatable bonds is 10. The first kappa shape index (κ1) is 24.5. The molecule has 11 heteroatoms. The van der Waals surface area contributed by atoms with Crippen molar-refractivity contribution in [1.82, 2.24) is 10.0 Å². The predicted octanol–water partition coefficient (Wildman–Crippen LogP) is 2.75. The van der Waals surface area contributed by atoms with Crippen molar-refractivity contribution in [2.75, 3.05) is 27.3 Å². The fraction of sp³-hybridized carbons (Fsp3) is 0.350. The fourth-order valence-corrected chi connectivity index (χ4v) is 3.85. The van der Waals surface area contributed by atoms with Gasteiger partial charge >= 0.3 is 6.18 Å². The molecule has 0 atom stereocenters. The van der Waals surface area contributed by atoms with Crippen molar-refractivity contribution in [3.8, 4) is 11.5 Å². The van der Waals surface area contributed by atoms with Crippen LogP contribution in [0.5, 0.6) is 11.5 Å². The zero-order valence-electron chi connectivity index (χ0n) is 17.0. The number of hydrogen-bond donors (Lipinski definition) is 2. The van der Waals surface area contributed by atoms with Gasteiger partial charge in [-0.2, -0.15) is 13.2 Å². The second-order valence-electron chi connectivity index (χ2n) is 6.42. The number of ether oxygens (including phenoxy) is 2. The number of amides is 1. The molecular weight excluding hydrogens is 437 g/mol. The summed E-state index contributed by atoms with van der Waals surface area (Å²) in [6, 6.07) is 9.21. The number of benzene rings is 2. The molecule has 0 saturated carbocycles. The SMILES string of the molecule is COc1ccc(S(=O)(=O)NCCC(=O)NCCc2ccccc2C(F)(F)F)cc1OC. The number of alkyl halides is 3. The summed E-state index contributed by atoms with van der Waals surface area (Å²) in [5.41, 5.74) is -0.670. The molecule has 2 aromatic carbocycles. The quantitative estimate of drug-likeness (QED) is 0.569. The van der Waals surface area contributed by atoms with E-state index in [9.17, 15) is 26.4 Å². The summed E-state index contributed by atoms with van der Waals surface area (Å²) < 4.78 is 76.1. The average Bonchev–Trinajstić information content (AvgIpc) is 2.72. The highest BCUT2D eigenvalue weighted by Crippen LogP contribution is 2.32. The second kappa shape index (κ2) is 10.5. The van der Waals surface area contributed by atoms with Gasteiger partial charge in [0.2, 0.25) is 15.9 Å². The van der Waals surface area contributed by atoms with Crippen LogP contribution in [0.1, 0.15) is 17.5 Å². The number of carbonyl (C=O) groups excluding carboxylic acids is 1. The van der Waals surface area contributed by atoms with Gasteiger partial charge in [0, 0.05) is 25.6 Å². The van der Waals surface area contributed by atoms with E-state index in [1.807, 2.05) is 0 Å². The fourth-order valence-electron chi connectivity index (χ4n) is 2.81. The zero-order chi connectivity index (χ0) is 23.1. The van der Waals surface area contributed by atoms with Crippen LogP contribution in [0, 0.1) is 0 Å². The Bertz CT molecular complexity index is 1010. The molecule has 0 heterocycles. The largest absolute Gasteiger partial charge is 0.493 e. The summed E-state index contributed by atoms with van der Waals surface area (Å²) in [4.78, 5) is 11.9. The molecule has 31 heavy (non-hydrogen) atoms. The van der Waals surface area contributed by atoms with Crippen LogP contribution in [0.3, 0.4) is 0 Å². The third-order valence-corrected chi connectivity index (χ3v) is 5.81. The van der Waals surface area contributed by atoms with Crippen molar-refractivity contribution in [3.63, 3.8) is 0 Å². The third kappa shape index (κ3) is 6.86. The van der Waals surface area contributed by atoms with Crippen molar-refractivity contribution in [1.29, 1.82) is 0 Å². The molecule has 0 spiro atoms. The topological polar surface area (TPSA) is 93.7 Å². The molecule has 0 saturated heterocycles. The van der Waals surface area contributed by atoms with Crippen molar-refractivity contribution < 1.29 is 35.9 Å². The Morgan fingerprint density at radius 1 is 1.00 bits per heavy atom. The number of carbonyl (C=O) groups is 1. The van der Waals surface area contributed by atoms with Crippen LogP contribution in [0.15, 0.2) is 47.4 Å². The van der Waals surface area contributed by atoms with Gasteiger partial charge in [-0.15, -0.1) is 0 Å². The Hall–Kier alpha value is -2.79. The van der Waals surface area contributed by atoms with Crippen LogP contribution < -0.4 is 19.5 Å². The molecule has 1 amide bonds. The summed E-state index contributed by atoms with van der Waals surface area (Å²) in [7, 11) is -1.09. The minimum atomic E-state index is -4.47. The summed E-state index contributed by atoms with van der Waals surface area (Å²) in [6.45, 7) is -0.185. The zero-order valence-corrected chi connectivity index (χ0v) is 17.8. The third-order valence-electron chi connectivity index (χ3n) is 4.35. The van der Waals surface area contributed by atoms with E-state index in [-0.39, 0.29) is 42.1 Å². The van der Waals surface area contributed by atoms with E-state index in [1.54, 1.807) is 0 Å². The van der Waals surface area contributed by atoms with Crippen molar-refractivity contribution in [2.24, 2.45) is 0 Å². The smallest absolute Gasteiger partial charge is 0.416 e. The molecule has 0 aromatic heterocycles. The molecule has 0 fully saturated rings. The number of halogens is 3. The summed E-state index contributed by atoms with van der Waals surface area (Å²) in [5.74, 6) is 0.120. The second-order valence-corrected chi connectivity index (χ2v) is 8.19. The Kier molecular flexibility index (Phi) is 8.28. The van der Waals surface area contributed by atoms with Crippen LogP contribution in [0.2, 0.25) is 0 Å². The monoisotopic (exact) mass is 460 g/mol. The van der Waals surface area contributed by atoms with Gasteiger partial charge < -0.3 is 14.8 Å². The van der Waals surface area contributed by atoms with Crippen LogP contribution >= 0.6 is 0 Å². The first-order valence-electron chi connectivity index (χ1n) is 9.22. The summed E-state index contributed by atoms with van der Waals surface area (Å²) in [6.07, 6.45) is -4.64. The molecule has 170 valence electrons. The number of hydrogen-bond acceptors (Lipinski definition) is 5. The molecule has 0 radical (unpaired) electrons. The highest BCUT2D eigenvalue weighted by atomic mass is 32.2. The van der Waals surface area contributed by atoms with Crippen molar-refractivity contribution in [2.45, 2.75) is 23.9 Å². The van der Waals surface area contributed by atoms with E-state index in [0.717, 1.165) is 6.07 Å². The first-order valence-corrected chi connectivity index (χ1v) is 10.7. The lowest BCUT2D eigenvalue weighted by Gasteiger charge is -2.13. The lowest BCUT2D eigenvalue weighted by Crippen LogP contribution is -2.32. The van der Waals surface area contributed by atoms with E-state index in [4.69, 9.17) is 9.47 Å². The maximum Gasteiger partial charge on any atom is 0.416 e. The van der Waals surface area contributed by atoms with Crippen molar-refractivity contribution >= 4 is 15.9 Å². The van der Waals surface area contributed by atoms with E-state index >= 15 is 0 Å². The molecule has 0 aliphatic rings. The maximum absolute atomic E-state index is 13.0. The van der Waals surface area contributed by atoms with E-state index in [0.29, 0.717) is 5.75 Å². The van der Waals surface area contributed by atoms with Gasteiger partial charge in [-0.05, 0) is 30.2 Å². The van der Waals surface area contributed by atoms with Gasteiger partial charge in [0.1, 0.15) is 0 Å². The van der Waals surface area contributed by atoms with Crippen LogP contribution in [-0.4, -0.2) is 41.6 Å². The Morgan fingerprint density at radius 3 is 2.32 bits per heavy atom. The van der Waals surface area contributed by atoms with Crippen molar-refractivity contribution in [3.05, 3.63) is 53.6 Å². The van der Waals surface area contributed by atoms with E-state index in [1.165, 1.54) is 50.6 Å². The Morgan fingerprint density at radius 2 is 1.68 bits per heavy atom. The lowest BCUT2D eigenvalue weighted by molar-refractivity contribution is -0.138. The lowest BCUT2D eigenvalue weighted by atomic mass is 10.0. The Labute approximate surface area is 178 Å². The standard InChI is InChI=1S/C20H23F3N2O5S/c1-29-17-8-7-15(13-18(17)30-2)31(27,28)25-12-10-19(26)24-11-9-14-5-3-4-6-16(14)20(21,22)23/h3-8,13,25H,9-12H2,1-2H3,(H,24,26). The minimum absolute atomic E-state index is 0.00120. The highest BCUT2D eigenvalue weighted by Gasteiger charge is 2.32. The molecule has 0 aliphatic carbocycles. The van der Waals surface area contributed by atoms with Crippen LogP contribution in [0.25, 0.3) is 0 Å². The molecule has 7 nitrogen and oxygen atoms in total. The first-order chi connectivity index (χ1) is 14.6. The summed E-state index contributed by atoms with van der Waals surface area (Å²) in [5, 5.41) is 2.49. The van der Waals surface area contributed by atoms with Gasteiger partial charge in [0.25, 0.3) is 0 Å². The van der Waals surface area contributed by atoms with Gasteiger partial charge in [-0.1, -0.05) is 18.2 Å². The Balaban J connectivity index is 1.85. The normalized spacial score (nSPS) is 11.8. The number of nitrogens with one attached hydrogen (secondary N) is 2. The molecule has 2 rings (SSSR count). The number of methoxy groups -OCH3 is 2. The highest BCUT2D eigenvalue weighted by molar-refractivity contribution is 7.89. The molecule has 0 aliphatic heterocycles. The van der Waals surface area contributed by atoms with E-state index < -0.39 is 27.7 Å². The van der Waals surface area contributed by atoms with Gasteiger partial charge in [-0.25, -0.2) is 13.1 Å². The molecule has 0 bridgehead atoms. The van der Waals surface area contributed by atoms with Gasteiger partial charge in [-0.3, -0.25) is 4.79 Å². The number of sulfonamides is 1. The van der Waals surface area contributed by atoms with Gasteiger partial charge in [0.15, 0.2) is 11.5 Å².